The number of para-hydroxylation sites is 2. The van der Waals surface area contributed by atoms with Crippen molar-refractivity contribution < 1.29 is 8.22 Å². The van der Waals surface area contributed by atoms with Gasteiger partial charge in [0.2, 0.25) is 0 Å². The van der Waals surface area contributed by atoms with Gasteiger partial charge in [0, 0.05) is 53.3 Å². The van der Waals surface area contributed by atoms with Crippen LogP contribution >= 0.6 is 11.3 Å². The van der Waals surface area contributed by atoms with Crippen molar-refractivity contribution in [2.24, 2.45) is 0 Å². The highest BCUT2D eigenvalue weighted by molar-refractivity contribution is 7.26. The van der Waals surface area contributed by atoms with Crippen molar-refractivity contribution in [3.63, 3.8) is 0 Å². The fraction of sp³-hybridized carbons (Fsp3) is 0. The van der Waals surface area contributed by atoms with Gasteiger partial charge in [-0.3, -0.25) is 0 Å². The third-order valence-electron chi connectivity index (χ3n) is 10.2. The molecule has 0 bridgehead atoms. The number of benzene rings is 8. The average Bonchev–Trinajstić information content (AvgIpc) is 3.88. The van der Waals surface area contributed by atoms with E-state index < -0.39 is 0 Å². The van der Waals surface area contributed by atoms with Crippen LogP contribution in [-0.4, -0.2) is 19.5 Å². The van der Waals surface area contributed by atoms with Crippen molar-refractivity contribution in [1.82, 2.24) is 19.5 Å². The van der Waals surface area contributed by atoms with Crippen molar-refractivity contribution in [3.05, 3.63) is 194 Å². The van der Waals surface area contributed by atoms with Crippen molar-refractivity contribution >= 4 is 53.3 Å². The average molecular weight is 739 g/mol. The molecule has 0 aliphatic heterocycles. The summed E-state index contributed by atoms with van der Waals surface area (Å²) in [7, 11) is 0. The van der Waals surface area contributed by atoms with Gasteiger partial charge in [0.25, 0.3) is 0 Å². The Hall–Kier alpha value is -7.21. The molecule has 0 aliphatic carbocycles. The molecule has 0 atom stereocenters. The Morgan fingerprint density at radius 2 is 0.982 bits per heavy atom. The van der Waals surface area contributed by atoms with E-state index in [4.69, 9.17) is 23.2 Å². The summed E-state index contributed by atoms with van der Waals surface area (Å²) < 4.78 is 56.9. The van der Waals surface area contributed by atoms with E-state index in [1.165, 1.54) is 12.1 Å². The fourth-order valence-electron chi connectivity index (χ4n) is 7.56. The van der Waals surface area contributed by atoms with E-state index in [0.717, 1.165) is 59.1 Å². The first kappa shape index (κ1) is 26.5. The first-order chi connectivity index (χ1) is 30.2. The number of nitrogens with zero attached hydrogens (tertiary/aromatic N) is 4. The minimum atomic E-state index is -0.148. The minimum absolute atomic E-state index is 0.00103. The number of aromatic nitrogens is 4. The van der Waals surface area contributed by atoms with Crippen molar-refractivity contribution in [3.8, 4) is 62.1 Å². The number of hydrogen-bond donors (Lipinski definition) is 0. The Kier molecular flexibility index (Phi) is 6.29. The standard InChI is InChI=1S/C51H32N4S/c1-4-15-33(16-5-1)37-29-38(31-39(30-37)55-45-25-12-10-21-40(45)41-22-11-13-26-46(41)55)36-27-28-47-44(32-36)42-23-14-24-43(48(42)56-47)51-53-49(34-17-6-2-7-18-34)52-50(54-51)35-19-8-3-9-20-35/h1-32H/i10D,11D,21D,22D,25D,26D. The van der Waals surface area contributed by atoms with Crippen LogP contribution in [0.2, 0.25) is 0 Å². The maximum atomic E-state index is 9.09. The molecule has 11 aromatic rings. The largest absolute Gasteiger partial charge is 0.309 e. The molecule has 3 aromatic heterocycles. The van der Waals surface area contributed by atoms with Gasteiger partial charge in [0.05, 0.1) is 19.3 Å². The Bertz CT molecular complexity index is 3460. The van der Waals surface area contributed by atoms with Crippen LogP contribution in [0, 0.1) is 0 Å². The Labute approximate surface area is 336 Å². The van der Waals surface area contributed by atoms with Crippen molar-refractivity contribution in [2.75, 3.05) is 0 Å². The quantitative estimate of drug-likeness (QED) is 0.171. The lowest BCUT2D eigenvalue weighted by molar-refractivity contribution is 1.08. The molecule has 0 aliphatic rings. The second kappa shape index (κ2) is 13.3. The number of hydrogen-bond acceptors (Lipinski definition) is 4. The molecule has 0 unspecified atom stereocenters. The second-order valence-corrected chi connectivity index (χ2v) is 14.6. The lowest BCUT2D eigenvalue weighted by Crippen LogP contribution is -2.00. The molecular weight excluding hydrogens is 701 g/mol. The Morgan fingerprint density at radius 3 is 1.61 bits per heavy atom. The van der Waals surface area contributed by atoms with Crippen LogP contribution in [0.3, 0.4) is 0 Å². The Morgan fingerprint density at radius 1 is 0.411 bits per heavy atom. The topological polar surface area (TPSA) is 43.6 Å². The van der Waals surface area contributed by atoms with Gasteiger partial charge >= 0.3 is 0 Å². The maximum absolute atomic E-state index is 9.09. The lowest BCUT2D eigenvalue weighted by atomic mass is 9.96. The zero-order valence-electron chi connectivity index (χ0n) is 35.7. The summed E-state index contributed by atoms with van der Waals surface area (Å²) in [6, 6.07) is 50.8. The maximum Gasteiger partial charge on any atom is 0.165 e. The molecule has 5 heteroatoms. The van der Waals surface area contributed by atoms with Gasteiger partial charge in [0.15, 0.2) is 17.5 Å². The summed E-state index contributed by atoms with van der Waals surface area (Å²) in [4.78, 5) is 15.0. The van der Waals surface area contributed by atoms with E-state index >= 15 is 0 Å². The van der Waals surface area contributed by atoms with E-state index in [9.17, 15) is 0 Å². The molecule has 56 heavy (non-hydrogen) atoms. The fourth-order valence-corrected chi connectivity index (χ4v) is 8.75. The molecule has 3 heterocycles. The van der Waals surface area contributed by atoms with E-state index in [2.05, 4.69) is 36.4 Å². The van der Waals surface area contributed by atoms with Gasteiger partial charge in [-0.1, -0.05) is 145 Å². The smallest absolute Gasteiger partial charge is 0.165 e. The van der Waals surface area contributed by atoms with E-state index in [1.807, 2.05) is 109 Å². The van der Waals surface area contributed by atoms with Crippen molar-refractivity contribution in [1.29, 1.82) is 0 Å². The van der Waals surface area contributed by atoms with Gasteiger partial charge in [-0.05, 0) is 70.7 Å². The predicted molar refractivity (Wildman–Crippen MR) is 234 cm³/mol. The number of rotatable bonds is 6. The summed E-state index contributed by atoms with van der Waals surface area (Å²) in [6.07, 6.45) is 0. The monoisotopic (exact) mass is 738 g/mol. The molecule has 0 N–H and O–H groups in total. The third-order valence-corrected chi connectivity index (χ3v) is 11.4. The summed E-state index contributed by atoms with van der Waals surface area (Å²) in [6.45, 7) is 0. The minimum Gasteiger partial charge on any atom is -0.309 e. The lowest BCUT2D eigenvalue weighted by Gasteiger charge is -2.14. The van der Waals surface area contributed by atoms with Crippen LogP contribution in [0.4, 0.5) is 0 Å². The molecular formula is C51H32N4S. The van der Waals surface area contributed by atoms with Crippen LogP contribution in [0.15, 0.2) is 194 Å². The normalized spacial score (nSPS) is 13.1. The highest BCUT2D eigenvalue weighted by Crippen LogP contribution is 2.42. The third kappa shape index (κ3) is 5.48. The molecule has 0 saturated carbocycles. The summed E-state index contributed by atoms with van der Waals surface area (Å²) >= 11 is 1.69. The summed E-state index contributed by atoms with van der Waals surface area (Å²) in [5, 5.41) is 2.58. The predicted octanol–water partition coefficient (Wildman–Crippen LogP) is 13.7. The van der Waals surface area contributed by atoms with Crippen LogP contribution in [0.5, 0.6) is 0 Å². The van der Waals surface area contributed by atoms with E-state index in [0.29, 0.717) is 34.2 Å². The molecule has 0 saturated heterocycles. The summed E-state index contributed by atoms with van der Waals surface area (Å²) in [5.41, 5.74) is 7.68. The molecule has 0 spiro atoms. The first-order valence-corrected chi connectivity index (χ1v) is 19.1. The zero-order valence-corrected chi connectivity index (χ0v) is 30.5. The molecule has 0 fully saturated rings. The first-order valence-electron chi connectivity index (χ1n) is 21.3. The second-order valence-electron chi connectivity index (χ2n) is 13.6. The van der Waals surface area contributed by atoms with Crippen LogP contribution in [0.25, 0.3) is 104 Å². The number of fused-ring (bicyclic) bond motifs is 6. The highest BCUT2D eigenvalue weighted by Gasteiger charge is 2.18. The van der Waals surface area contributed by atoms with Gasteiger partial charge in [-0.15, -0.1) is 11.3 Å². The van der Waals surface area contributed by atoms with Gasteiger partial charge < -0.3 is 4.57 Å². The van der Waals surface area contributed by atoms with Gasteiger partial charge in [-0.2, -0.15) is 0 Å². The molecule has 0 amide bonds. The number of thiophene rings is 1. The Balaban J connectivity index is 1.13. The SMILES string of the molecule is [2H]c1cc([2H])c2c(c1[2H])c1c([2H])c([2H])cc([2H])c1n2-c1cc(-c2ccccc2)cc(-c2ccc3sc4c(-c5nc(-c6ccccc6)nc(-c6ccccc6)n5)cccc4c3c2)c1. The van der Waals surface area contributed by atoms with Gasteiger partial charge in [-0.25, -0.2) is 15.0 Å². The van der Waals surface area contributed by atoms with Crippen LogP contribution < -0.4 is 0 Å². The van der Waals surface area contributed by atoms with Crippen molar-refractivity contribution in [2.45, 2.75) is 0 Å². The van der Waals surface area contributed by atoms with Crippen LogP contribution in [-0.2, 0) is 0 Å². The molecule has 4 nitrogen and oxygen atoms in total. The summed E-state index contributed by atoms with van der Waals surface area (Å²) in [5.74, 6) is 1.78. The zero-order chi connectivity index (χ0) is 42.2. The molecule has 11 rings (SSSR count). The molecule has 0 radical (unpaired) electrons. The highest BCUT2D eigenvalue weighted by atomic mass is 32.1. The van der Waals surface area contributed by atoms with Crippen LogP contribution in [0.1, 0.15) is 8.22 Å². The molecule has 262 valence electrons. The van der Waals surface area contributed by atoms with Gasteiger partial charge in [0.1, 0.15) is 0 Å². The molecule has 8 aromatic carbocycles. The van der Waals surface area contributed by atoms with E-state index in [1.54, 1.807) is 15.9 Å². The van der Waals surface area contributed by atoms with E-state index in [-0.39, 0.29) is 47.0 Å².